The Morgan fingerprint density at radius 3 is 2.60 bits per heavy atom. The first-order chi connectivity index (χ1) is 7.11. The molecule has 0 spiro atoms. The highest BCUT2D eigenvalue weighted by atomic mass is 79.9. The third kappa shape index (κ3) is 2.62. The minimum Gasteiger partial charge on any atom is -0.504 e. The molecule has 0 heterocycles. The Kier molecular flexibility index (Phi) is 4.38. The molecule has 5 heteroatoms. The zero-order valence-corrected chi connectivity index (χ0v) is 9.81. The third-order valence-corrected chi connectivity index (χ3v) is 2.75. The summed E-state index contributed by atoms with van der Waals surface area (Å²) >= 11 is 3.05. The van der Waals surface area contributed by atoms with Gasteiger partial charge in [0.25, 0.3) is 0 Å². The second-order valence-corrected chi connectivity index (χ2v) is 3.71. The number of aliphatic hydroxyl groups excluding tert-OH is 2. The molecular formula is C10H13BrO4. The maximum atomic E-state index is 9.69. The Balaban J connectivity index is 3.03. The summed E-state index contributed by atoms with van der Waals surface area (Å²) in [5.41, 5.74) is 0.251. The molecule has 1 rings (SSSR count). The van der Waals surface area contributed by atoms with E-state index in [0.29, 0.717) is 0 Å². The number of aliphatic hydroxyl groups is 2. The van der Waals surface area contributed by atoms with Gasteiger partial charge in [0.15, 0.2) is 11.5 Å². The normalized spacial score (nSPS) is 14.7. The van der Waals surface area contributed by atoms with E-state index in [2.05, 4.69) is 15.9 Å². The van der Waals surface area contributed by atoms with Gasteiger partial charge in [-0.05, 0) is 6.07 Å². The Labute approximate surface area is 96.3 Å². The van der Waals surface area contributed by atoms with Crippen molar-refractivity contribution in [1.82, 2.24) is 0 Å². The molecule has 0 radical (unpaired) electrons. The molecule has 0 amide bonds. The quantitative estimate of drug-likeness (QED) is 0.723. The van der Waals surface area contributed by atoms with Crippen molar-refractivity contribution in [2.24, 2.45) is 0 Å². The number of aromatic hydroxyl groups is 1. The molecule has 2 atom stereocenters. The first kappa shape index (κ1) is 12.3. The number of hydrogen-bond donors (Lipinski definition) is 3. The molecule has 0 bridgehead atoms. The topological polar surface area (TPSA) is 69.9 Å². The zero-order chi connectivity index (χ0) is 11.4. The number of benzene rings is 1. The minimum absolute atomic E-state index is 0.146. The lowest BCUT2D eigenvalue weighted by atomic mass is 10.0. The second kappa shape index (κ2) is 5.34. The fraction of sp³-hybridized carbons (Fsp3) is 0.400. The molecule has 0 aromatic heterocycles. The summed E-state index contributed by atoms with van der Waals surface area (Å²) in [6.07, 6.45) is -2.11. The number of alkyl halides is 1. The number of phenolic OH excluding ortho intramolecular Hbond substituents is 1. The van der Waals surface area contributed by atoms with E-state index in [1.54, 1.807) is 12.1 Å². The highest BCUT2D eigenvalue weighted by Gasteiger charge is 2.21. The van der Waals surface area contributed by atoms with Crippen molar-refractivity contribution < 1.29 is 20.1 Å². The largest absolute Gasteiger partial charge is 0.504 e. The SMILES string of the molecule is COc1cccc(C(O)C(O)CBr)c1O. The van der Waals surface area contributed by atoms with Gasteiger partial charge in [-0.15, -0.1) is 0 Å². The van der Waals surface area contributed by atoms with Crippen LogP contribution in [0.1, 0.15) is 11.7 Å². The van der Waals surface area contributed by atoms with Crippen LogP contribution in [0.5, 0.6) is 11.5 Å². The molecule has 15 heavy (non-hydrogen) atoms. The van der Waals surface area contributed by atoms with E-state index in [4.69, 9.17) is 4.74 Å². The van der Waals surface area contributed by atoms with Crippen molar-refractivity contribution in [2.75, 3.05) is 12.4 Å². The molecule has 4 nitrogen and oxygen atoms in total. The lowest BCUT2D eigenvalue weighted by Gasteiger charge is -2.18. The minimum atomic E-state index is -1.14. The molecule has 0 fully saturated rings. The van der Waals surface area contributed by atoms with Gasteiger partial charge in [-0.1, -0.05) is 28.1 Å². The van der Waals surface area contributed by atoms with Gasteiger partial charge in [0.1, 0.15) is 6.10 Å². The van der Waals surface area contributed by atoms with Gasteiger partial charge < -0.3 is 20.1 Å². The van der Waals surface area contributed by atoms with Crippen LogP contribution in [0.4, 0.5) is 0 Å². The summed E-state index contributed by atoms with van der Waals surface area (Å²) in [5, 5.41) is 29.0. The monoisotopic (exact) mass is 276 g/mol. The summed E-state index contributed by atoms with van der Waals surface area (Å²) in [6, 6.07) is 4.75. The number of methoxy groups -OCH3 is 1. The molecule has 0 aliphatic rings. The predicted molar refractivity (Wildman–Crippen MR) is 59.4 cm³/mol. The van der Waals surface area contributed by atoms with Gasteiger partial charge in [-0.25, -0.2) is 0 Å². The second-order valence-electron chi connectivity index (χ2n) is 3.06. The van der Waals surface area contributed by atoms with E-state index in [1.165, 1.54) is 13.2 Å². The van der Waals surface area contributed by atoms with Gasteiger partial charge >= 0.3 is 0 Å². The smallest absolute Gasteiger partial charge is 0.163 e. The van der Waals surface area contributed by atoms with Gasteiger partial charge in [-0.2, -0.15) is 0 Å². The lowest BCUT2D eigenvalue weighted by Crippen LogP contribution is -2.19. The van der Waals surface area contributed by atoms with Crippen molar-refractivity contribution in [1.29, 1.82) is 0 Å². The van der Waals surface area contributed by atoms with E-state index >= 15 is 0 Å². The lowest BCUT2D eigenvalue weighted by molar-refractivity contribution is 0.0326. The third-order valence-electron chi connectivity index (χ3n) is 2.09. The van der Waals surface area contributed by atoms with Crippen molar-refractivity contribution in [3.8, 4) is 11.5 Å². The number of ether oxygens (including phenoxy) is 1. The highest BCUT2D eigenvalue weighted by Crippen LogP contribution is 2.34. The van der Waals surface area contributed by atoms with Gasteiger partial charge in [0.05, 0.1) is 13.2 Å². The maximum absolute atomic E-state index is 9.69. The van der Waals surface area contributed by atoms with Crippen LogP contribution >= 0.6 is 15.9 Å². The average Bonchev–Trinajstić information content (AvgIpc) is 2.27. The van der Waals surface area contributed by atoms with E-state index < -0.39 is 12.2 Å². The molecule has 1 aromatic rings. The highest BCUT2D eigenvalue weighted by molar-refractivity contribution is 9.09. The molecule has 3 N–H and O–H groups in total. The number of para-hydroxylation sites is 1. The van der Waals surface area contributed by atoms with E-state index in [9.17, 15) is 15.3 Å². The van der Waals surface area contributed by atoms with Gasteiger partial charge in [0.2, 0.25) is 0 Å². The fourth-order valence-electron chi connectivity index (χ4n) is 1.23. The van der Waals surface area contributed by atoms with Crippen LogP contribution in [-0.2, 0) is 0 Å². The number of halogens is 1. The number of phenols is 1. The first-order valence-electron chi connectivity index (χ1n) is 4.39. The van der Waals surface area contributed by atoms with Gasteiger partial charge in [-0.3, -0.25) is 0 Å². The Hall–Kier alpha value is -0.780. The van der Waals surface area contributed by atoms with Crippen molar-refractivity contribution >= 4 is 15.9 Å². The summed E-state index contributed by atoms with van der Waals surface area (Å²) < 4.78 is 4.89. The average molecular weight is 277 g/mol. The van der Waals surface area contributed by atoms with E-state index in [-0.39, 0.29) is 22.4 Å². The van der Waals surface area contributed by atoms with Crippen LogP contribution in [0, 0.1) is 0 Å². The number of rotatable bonds is 4. The number of hydrogen-bond acceptors (Lipinski definition) is 4. The molecule has 2 unspecified atom stereocenters. The Bertz CT molecular complexity index is 329. The Morgan fingerprint density at radius 2 is 2.07 bits per heavy atom. The molecule has 0 aliphatic heterocycles. The van der Waals surface area contributed by atoms with Gasteiger partial charge in [0, 0.05) is 10.9 Å². The summed E-state index contributed by atoms with van der Waals surface area (Å²) in [7, 11) is 1.42. The van der Waals surface area contributed by atoms with Crippen LogP contribution in [0.25, 0.3) is 0 Å². The molecule has 1 aromatic carbocycles. The molecule has 0 saturated carbocycles. The Morgan fingerprint density at radius 1 is 1.40 bits per heavy atom. The summed E-state index contributed by atoms with van der Waals surface area (Å²) in [5.74, 6) is 0.126. The van der Waals surface area contributed by atoms with Crippen molar-refractivity contribution in [2.45, 2.75) is 12.2 Å². The molecule has 84 valence electrons. The van der Waals surface area contributed by atoms with Crippen LogP contribution < -0.4 is 4.74 Å². The predicted octanol–water partition coefficient (Wildman–Crippen LogP) is 1.19. The van der Waals surface area contributed by atoms with Crippen molar-refractivity contribution in [3.05, 3.63) is 23.8 Å². The van der Waals surface area contributed by atoms with Crippen LogP contribution in [0.2, 0.25) is 0 Å². The van der Waals surface area contributed by atoms with E-state index in [1.807, 2.05) is 0 Å². The van der Waals surface area contributed by atoms with E-state index in [0.717, 1.165) is 0 Å². The molecule has 0 saturated heterocycles. The fourth-order valence-corrected chi connectivity index (χ4v) is 1.59. The van der Waals surface area contributed by atoms with Crippen LogP contribution in [0.15, 0.2) is 18.2 Å². The van der Waals surface area contributed by atoms with Crippen LogP contribution in [-0.4, -0.2) is 33.9 Å². The first-order valence-corrected chi connectivity index (χ1v) is 5.52. The van der Waals surface area contributed by atoms with Crippen LogP contribution in [0.3, 0.4) is 0 Å². The van der Waals surface area contributed by atoms with Crippen molar-refractivity contribution in [3.63, 3.8) is 0 Å². The molecule has 0 aliphatic carbocycles. The maximum Gasteiger partial charge on any atom is 0.163 e. The summed E-state index contributed by atoms with van der Waals surface area (Å²) in [4.78, 5) is 0. The molecular weight excluding hydrogens is 264 g/mol. The zero-order valence-electron chi connectivity index (χ0n) is 8.22. The standard InChI is InChI=1S/C10H13BrO4/c1-15-8-4-2-3-6(10(8)14)9(13)7(12)5-11/h2-4,7,9,12-14H,5H2,1H3. The summed E-state index contributed by atoms with van der Waals surface area (Å²) in [6.45, 7) is 0.